The van der Waals surface area contributed by atoms with E-state index in [0.717, 1.165) is 16.4 Å². The lowest BCUT2D eigenvalue weighted by Crippen LogP contribution is -2.38. The van der Waals surface area contributed by atoms with Gasteiger partial charge in [0.2, 0.25) is 0 Å². The summed E-state index contributed by atoms with van der Waals surface area (Å²) in [6.07, 6.45) is 7.21. The van der Waals surface area contributed by atoms with Crippen molar-refractivity contribution in [3.05, 3.63) is 22.3 Å². The van der Waals surface area contributed by atoms with Crippen LogP contribution in [0.2, 0.25) is 0 Å². The van der Waals surface area contributed by atoms with Crippen molar-refractivity contribution in [3.8, 4) is 0 Å². The molecule has 1 N–H and O–H groups in total. The van der Waals surface area contributed by atoms with Crippen molar-refractivity contribution in [1.29, 1.82) is 0 Å². The summed E-state index contributed by atoms with van der Waals surface area (Å²) in [4.78, 5) is 7.24. The van der Waals surface area contributed by atoms with Crippen molar-refractivity contribution in [2.45, 2.75) is 38.6 Å². The van der Waals surface area contributed by atoms with Gasteiger partial charge in [-0.05, 0) is 79.2 Å². The predicted molar refractivity (Wildman–Crippen MR) is 82.6 cm³/mol. The van der Waals surface area contributed by atoms with E-state index in [1.54, 1.807) is 0 Å². The molecule has 2 aliphatic rings. The molecule has 19 heavy (non-hydrogen) atoms. The smallest absolute Gasteiger partial charge is 0.131 e. The zero-order valence-corrected chi connectivity index (χ0v) is 13.1. The zero-order chi connectivity index (χ0) is 13.2. The van der Waals surface area contributed by atoms with Gasteiger partial charge in [0, 0.05) is 23.3 Å². The van der Waals surface area contributed by atoms with Gasteiger partial charge in [-0.2, -0.15) is 0 Å². The summed E-state index contributed by atoms with van der Waals surface area (Å²) < 4.78 is 1.08. The SMILES string of the molecule is Cc1cc(Br)cnc1N(CC1CCNCC1)C1CC1. The lowest BCUT2D eigenvalue weighted by molar-refractivity contribution is 0.372. The van der Waals surface area contributed by atoms with Gasteiger partial charge in [-0.15, -0.1) is 0 Å². The number of rotatable bonds is 4. The highest BCUT2D eigenvalue weighted by Crippen LogP contribution is 2.34. The lowest BCUT2D eigenvalue weighted by atomic mass is 9.97. The Kier molecular flexibility index (Phi) is 4.08. The van der Waals surface area contributed by atoms with Gasteiger partial charge in [0.05, 0.1) is 0 Å². The number of hydrogen-bond donors (Lipinski definition) is 1. The van der Waals surface area contributed by atoms with Gasteiger partial charge in [0.1, 0.15) is 5.82 Å². The van der Waals surface area contributed by atoms with E-state index in [1.165, 1.54) is 56.7 Å². The van der Waals surface area contributed by atoms with Gasteiger partial charge < -0.3 is 10.2 Å². The number of pyridine rings is 1. The van der Waals surface area contributed by atoms with Gasteiger partial charge in [0.25, 0.3) is 0 Å². The van der Waals surface area contributed by atoms with Crippen molar-refractivity contribution in [2.75, 3.05) is 24.5 Å². The summed E-state index contributed by atoms with van der Waals surface area (Å²) in [5.74, 6) is 2.02. The molecule has 1 saturated carbocycles. The fourth-order valence-corrected chi connectivity index (χ4v) is 3.42. The number of aromatic nitrogens is 1. The summed E-state index contributed by atoms with van der Waals surface area (Å²) in [6, 6.07) is 2.92. The number of nitrogens with zero attached hydrogens (tertiary/aromatic N) is 2. The molecule has 2 fully saturated rings. The number of piperidine rings is 1. The molecule has 4 heteroatoms. The van der Waals surface area contributed by atoms with Gasteiger partial charge in [-0.1, -0.05) is 0 Å². The van der Waals surface area contributed by atoms with Crippen LogP contribution in [-0.4, -0.2) is 30.7 Å². The van der Waals surface area contributed by atoms with Crippen LogP contribution in [0.15, 0.2) is 16.7 Å². The Labute approximate surface area is 123 Å². The molecule has 104 valence electrons. The third-order valence-electron chi connectivity index (χ3n) is 4.19. The molecule has 0 atom stereocenters. The molecule has 0 bridgehead atoms. The van der Waals surface area contributed by atoms with Crippen LogP contribution in [-0.2, 0) is 0 Å². The standard InChI is InChI=1S/C15H22BrN3/c1-11-8-13(16)9-18-15(11)19(14-2-3-14)10-12-4-6-17-7-5-12/h8-9,12,14,17H,2-7,10H2,1H3. The summed E-state index contributed by atoms with van der Waals surface area (Å²) in [5.41, 5.74) is 1.29. The molecule has 3 nitrogen and oxygen atoms in total. The maximum Gasteiger partial charge on any atom is 0.131 e. The van der Waals surface area contributed by atoms with Crippen molar-refractivity contribution >= 4 is 21.7 Å². The van der Waals surface area contributed by atoms with Crippen LogP contribution < -0.4 is 10.2 Å². The number of halogens is 1. The van der Waals surface area contributed by atoms with E-state index in [0.29, 0.717) is 0 Å². The van der Waals surface area contributed by atoms with Gasteiger partial charge in [0.15, 0.2) is 0 Å². The van der Waals surface area contributed by atoms with Crippen molar-refractivity contribution in [2.24, 2.45) is 5.92 Å². The topological polar surface area (TPSA) is 28.2 Å². The number of anilines is 1. The van der Waals surface area contributed by atoms with Gasteiger partial charge in [-0.3, -0.25) is 0 Å². The minimum atomic E-state index is 0.738. The molecule has 0 amide bonds. The summed E-state index contributed by atoms with van der Waals surface area (Å²) in [7, 11) is 0. The molecule has 1 aromatic heterocycles. The first-order valence-electron chi connectivity index (χ1n) is 7.33. The summed E-state index contributed by atoms with van der Waals surface area (Å²) in [6.45, 7) is 5.71. The average Bonchev–Trinajstić information content (AvgIpc) is 3.22. The number of hydrogen-bond acceptors (Lipinski definition) is 3. The maximum absolute atomic E-state index is 4.67. The van der Waals surface area contributed by atoms with E-state index < -0.39 is 0 Å². The normalized spacial score (nSPS) is 20.5. The fourth-order valence-electron chi connectivity index (χ4n) is 2.97. The Hall–Kier alpha value is -0.610. The van der Waals surface area contributed by atoms with E-state index in [2.05, 4.69) is 44.1 Å². The monoisotopic (exact) mass is 323 g/mol. The Balaban J connectivity index is 1.76. The third kappa shape index (κ3) is 3.29. The highest BCUT2D eigenvalue weighted by Gasteiger charge is 2.32. The highest BCUT2D eigenvalue weighted by atomic mass is 79.9. The van der Waals surface area contributed by atoms with Gasteiger partial charge in [-0.25, -0.2) is 4.98 Å². The molecule has 1 aliphatic carbocycles. The quantitative estimate of drug-likeness (QED) is 0.922. The van der Waals surface area contributed by atoms with Crippen LogP contribution in [0, 0.1) is 12.8 Å². The average molecular weight is 324 g/mol. The molecule has 0 unspecified atom stereocenters. The van der Waals surface area contributed by atoms with E-state index >= 15 is 0 Å². The highest BCUT2D eigenvalue weighted by molar-refractivity contribution is 9.10. The van der Waals surface area contributed by atoms with E-state index in [1.807, 2.05) is 6.20 Å². The molecule has 3 rings (SSSR count). The first-order chi connectivity index (χ1) is 9.24. The Morgan fingerprint density at radius 2 is 2.05 bits per heavy atom. The summed E-state index contributed by atoms with van der Waals surface area (Å²) in [5, 5.41) is 3.45. The van der Waals surface area contributed by atoms with E-state index in [4.69, 9.17) is 0 Å². The maximum atomic E-state index is 4.67. The minimum Gasteiger partial charge on any atom is -0.353 e. The molecule has 0 spiro atoms. The Morgan fingerprint density at radius 3 is 2.68 bits per heavy atom. The van der Waals surface area contributed by atoms with E-state index in [-0.39, 0.29) is 0 Å². The zero-order valence-electron chi connectivity index (χ0n) is 11.5. The van der Waals surface area contributed by atoms with Crippen molar-refractivity contribution < 1.29 is 0 Å². The van der Waals surface area contributed by atoms with E-state index in [9.17, 15) is 0 Å². The Morgan fingerprint density at radius 1 is 1.32 bits per heavy atom. The molecule has 2 heterocycles. The molecule has 0 radical (unpaired) electrons. The molecule has 1 aliphatic heterocycles. The number of aryl methyl sites for hydroxylation is 1. The molecule has 1 aromatic rings. The lowest BCUT2D eigenvalue weighted by Gasteiger charge is -2.32. The molecular formula is C15H22BrN3. The van der Waals surface area contributed by atoms with Crippen LogP contribution >= 0.6 is 15.9 Å². The van der Waals surface area contributed by atoms with Gasteiger partial charge >= 0.3 is 0 Å². The Bertz CT molecular complexity index is 439. The second-order valence-corrected chi connectivity index (χ2v) is 6.79. The second-order valence-electron chi connectivity index (χ2n) is 5.87. The summed E-state index contributed by atoms with van der Waals surface area (Å²) >= 11 is 3.51. The first-order valence-corrected chi connectivity index (χ1v) is 8.13. The van der Waals surface area contributed by atoms with Crippen molar-refractivity contribution in [3.63, 3.8) is 0 Å². The third-order valence-corrected chi connectivity index (χ3v) is 4.62. The molecule has 1 saturated heterocycles. The molecular weight excluding hydrogens is 302 g/mol. The van der Waals surface area contributed by atoms with Crippen LogP contribution in [0.3, 0.4) is 0 Å². The van der Waals surface area contributed by atoms with Crippen LogP contribution in [0.25, 0.3) is 0 Å². The first kappa shape index (κ1) is 13.4. The van der Waals surface area contributed by atoms with Crippen LogP contribution in [0.1, 0.15) is 31.2 Å². The fraction of sp³-hybridized carbons (Fsp3) is 0.667. The van der Waals surface area contributed by atoms with Crippen LogP contribution in [0.5, 0.6) is 0 Å². The predicted octanol–water partition coefficient (Wildman–Crippen LogP) is 3.12. The minimum absolute atomic E-state index is 0.738. The van der Waals surface area contributed by atoms with Crippen molar-refractivity contribution in [1.82, 2.24) is 10.3 Å². The van der Waals surface area contributed by atoms with Crippen LogP contribution in [0.4, 0.5) is 5.82 Å². The number of nitrogens with one attached hydrogen (secondary N) is 1. The molecule has 0 aromatic carbocycles. The second kappa shape index (κ2) is 5.80. The largest absolute Gasteiger partial charge is 0.353 e.